The first kappa shape index (κ1) is 32.1. The molecule has 4 aromatic rings. The van der Waals surface area contributed by atoms with Gasteiger partial charge in [-0.25, -0.2) is 9.59 Å². The highest BCUT2D eigenvalue weighted by molar-refractivity contribution is 5.91. The Hall–Kier alpha value is -4.84. The third-order valence-corrected chi connectivity index (χ3v) is 6.92. The van der Waals surface area contributed by atoms with Gasteiger partial charge in [0.25, 0.3) is 0 Å². The molecule has 0 aliphatic heterocycles. The van der Waals surface area contributed by atoms with Crippen LogP contribution in [0.25, 0.3) is 17.2 Å². The van der Waals surface area contributed by atoms with Gasteiger partial charge in [0.2, 0.25) is 0 Å². The van der Waals surface area contributed by atoms with Crippen molar-refractivity contribution in [3.8, 4) is 28.4 Å². The van der Waals surface area contributed by atoms with Gasteiger partial charge in [-0.15, -0.1) is 0 Å². The number of esters is 2. The van der Waals surface area contributed by atoms with Crippen molar-refractivity contribution in [1.82, 2.24) is 0 Å². The molecule has 0 aromatic heterocycles. The predicted octanol–water partition coefficient (Wildman–Crippen LogP) is 8.95. The first-order chi connectivity index (χ1) is 21.6. The molecule has 0 radical (unpaired) electrons. The van der Waals surface area contributed by atoms with Gasteiger partial charge in [0.05, 0.1) is 12.2 Å². The Morgan fingerprint density at radius 1 is 0.591 bits per heavy atom. The van der Waals surface area contributed by atoms with Crippen molar-refractivity contribution in [2.75, 3.05) is 19.8 Å². The highest BCUT2D eigenvalue weighted by Gasteiger charge is 2.10. The zero-order chi connectivity index (χ0) is 30.8. The third-order valence-electron chi connectivity index (χ3n) is 6.92. The Morgan fingerprint density at radius 3 is 1.84 bits per heavy atom. The van der Waals surface area contributed by atoms with Gasteiger partial charge < -0.3 is 18.9 Å². The first-order valence-corrected chi connectivity index (χ1v) is 15.3. The second kappa shape index (κ2) is 18.0. The molecule has 0 bridgehead atoms. The van der Waals surface area contributed by atoms with E-state index in [1.165, 1.54) is 38.2 Å². The summed E-state index contributed by atoms with van der Waals surface area (Å²) in [6.45, 7) is 3.31. The second-order valence-electron chi connectivity index (χ2n) is 10.3. The largest absolute Gasteiger partial charge is 0.494 e. The molecule has 4 aromatic carbocycles. The van der Waals surface area contributed by atoms with Crippen LogP contribution in [0.4, 0.5) is 0 Å². The van der Waals surface area contributed by atoms with Crippen molar-refractivity contribution in [2.45, 2.75) is 45.4 Å². The maximum Gasteiger partial charge on any atom is 0.343 e. The fraction of sp³-hybridized carbons (Fsp3) is 0.263. The number of carbonyl (C=O) groups excluding carboxylic acids is 2. The zero-order valence-corrected chi connectivity index (χ0v) is 25.3. The fourth-order valence-electron chi connectivity index (χ4n) is 4.46. The van der Waals surface area contributed by atoms with Gasteiger partial charge in [0, 0.05) is 6.08 Å². The molecule has 6 heteroatoms. The molecule has 0 saturated heterocycles. The summed E-state index contributed by atoms with van der Waals surface area (Å²) < 4.78 is 22.2. The molecular formula is C38H40O6. The SMILES string of the molecule is CCCCCCCCOc1ccc(OC(=O)c2ccc(-c3ccc(OCCOC(=O)/C=C/c4ccccc4)cc3)cc2)cc1. The van der Waals surface area contributed by atoms with Crippen LogP contribution < -0.4 is 14.2 Å². The average Bonchev–Trinajstić information content (AvgIpc) is 3.07. The van der Waals surface area contributed by atoms with Crippen LogP contribution in [0.1, 0.15) is 61.4 Å². The molecular weight excluding hydrogens is 552 g/mol. The Balaban J connectivity index is 1.16. The minimum absolute atomic E-state index is 0.147. The van der Waals surface area contributed by atoms with Crippen molar-refractivity contribution in [3.63, 3.8) is 0 Å². The lowest BCUT2D eigenvalue weighted by Crippen LogP contribution is -2.10. The lowest BCUT2D eigenvalue weighted by molar-refractivity contribution is -0.138. The van der Waals surface area contributed by atoms with Crippen LogP contribution in [0.3, 0.4) is 0 Å². The first-order valence-electron chi connectivity index (χ1n) is 15.3. The van der Waals surface area contributed by atoms with Gasteiger partial charge in [-0.1, -0.05) is 93.6 Å². The second-order valence-corrected chi connectivity index (χ2v) is 10.3. The van der Waals surface area contributed by atoms with Crippen LogP contribution in [0.15, 0.2) is 109 Å². The van der Waals surface area contributed by atoms with E-state index in [9.17, 15) is 9.59 Å². The molecule has 228 valence electrons. The minimum atomic E-state index is -0.419. The summed E-state index contributed by atoms with van der Waals surface area (Å²) in [6, 6.07) is 31.6. The number of hydrogen-bond donors (Lipinski definition) is 0. The van der Waals surface area contributed by atoms with Gasteiger partial charge in [-0.05, 0) is 77.7 Å². The monoisotopic (exact) mass is 592 g/mol. The number of hydrogen-bond acceptors (Lipinski definition) is 6. The summed E-state index contributed by atoms with van der Waals surface area (Å²) in [5, 5.41) is 0. The van der Waals surface area contributed by atoms with E-state index >= 15 is 0 Å². The zero-order valence-electron chi connectivity index (χ0n) is 25.3. The highest BCUT2D eigenvalue weighted by atomic mass is 16.6. The molecule has 44 heavy (non-hydrogen) atoms. The maximum atomic E-state index is 12.7. The molecule has 0 saturated carbocycles. The number of rotatable bonds is 17. The van der Waals surface area contributed by atoms with Crippen molar-refractivity contribution in [3.05, 3.63) is 120 Å². The highest BCUT2D eigenvalue weighted by Crippen LogP contribution is 2.24. The molecule has 0 atom stereocenters. The molecule has 0 unspecified atom stereocenters. The van der Waals surface area contributed by atoms with E-state index in [4.69, 9.17) is 18.9 Å². The lowest BCUT2D eigenvalue weighted by atomic mass is 10.0. The van der Waals surface area contributed by atoms with E-state index in [2.05, 4.69) is 6.92 Å². The van der Waals surface area contributed by atoms with Crippen LogP contribution in [0.2, 0.25) is 0 Å². The molecule has 0 heterocycles. The number of benzene rings is 4. The van der Waals surface area contributed by atoms with Gasteiger partial charge in [-0.3, -0.25) is 0 Å². The smallest absolute Gasteiger partial charge is 0.343 e. The molecule has 0 aliphatic carbocycles. The Morgan fingerprint density at radius 2 is 1.16 bits per heavy atom. The van der Waals surface area contributed by atoms with Crippen LogP contribution in [-0.4, -0.2) is 31.8 Å². The van der Waals surface area contributed by atoms with E-state index < -0.39 is 11.9 Å². The summed E-state index contributed by atoms with van der Waals surface area (Å²) in [7, 11) is 0. The summed E-state index contributed by atoms with van der Waals surface area (Å²) in [6.07, 6.45) is 10.4. The maximum absolute atomic E-state index is 12.7. The lowest BCUT2D eigenvalue weighted by Gasteiger charge is -2.09. The van der Waals surface area contributed by atoms with E-state index in [0.717, 1.165) is 28.9 Å². The van der Waals surface area contributed by atoms with Crippen molar-refractivity contribution in [2.24, 2.45) is 0 Å². The predicted molar refractivity (Wildman–Crippen MR) is 174 cm³/mol. The summed E-state index contributed by atoms with van der Waals surface area (Å²) in [4.78, 5) is 24.5. The van der Waals surface area contributed by atoms with Gasteiger partial charge in [0.1, 0.15) is 30.5 Å². The van der Waals surface area contributed by atoms with Gasteiger partial charge in [-0.2, -0.15) is 0 Å². The van der Waals surface area contributed by atoms with Gasteiger partial charge in [0.15, 0.2) is 0 Å². The van der Waals surface area contributed by atoms with Crippen LogP contribution in [0, 0.1) is 0 Å². The van der Waals surface area contributed by atoms with Crippen molar-refractivity contribution in [1.29, 1.82) is 0 Å². The van der Waals surface area contributed by atoms with Crippen molar-refractivity contribution >= 4 is 18.0 Å². The average molecular weight is 593 g/mol. The Bertz CT molecular complexity index is 1440. The Labute approximate surface area is 260 Å². The topological polar surface area (TPSA) is 71.1 Å². The molecule has 4 rings (SSSR count). The molecule has 6 nitrogen and oxygen atoms in total. The molecule has 0 amide bonds. The molecule has 0 N–H and O–H groups in total. The van der Waals surface area contributed by atoms with E-state index in [-0.39, 0.29) is 13.2 Å². The van der Waals surface area contributed by atoms with Crippen LogP contribution in [0.5, 0.6) is 17.2 Å². The normalized spacial score (nSPS) is 10.8. The summed E-state index contributed by atoms with van der Waals surface area (Å²) in [5.41, 5.74) is 3.33. The van der Waals surface area contributed by atoms with E-state index in [1.54, 1.807) is 30.3 Å². The van der Waals surface area contributed by atoms with Crippen molar-refractivity contribution < 1.29 is 28.5 Å². The quantitative estimate of drug-likeness (QED) is 0.0528. The molecule has 0 aliphatic rings. The fourth-order valence-corrected chi connectivity index (χ4v) is 4.46. The Kier molecular flexibility index (Phi) is 13.1. The third kappa shape index (κ3) is 11.1. The van der Waals surface area contributed by atoms with E-state index in [0.29, 0.717) is 23.7 Å². The molecule has 0 spiro atoms. The minimum Gasteiger partial charge on any atom is -0.494 e. The number of carbonyl (C=O) groups is 2. The molecule has 0 fully saturated rings. The number of unbranched alkanes of at least 4 members (excludes halogenated alkanes) is 5. The van der Waals surface area contributed by atoms with Gasteiger partial charge >= 0.3 is 11.9 Å². The summed E-state index contributed by atoms with van der Waals surface area (Å²) in [5.74, 6) is 1.08. The standard InChI is InChI=1S/C38H40O6/c1-2-3-4-5-6-10-27-41-35-22-24-36(25-23-35)44-38(40)33-16-14-31(15-17-33)32-18-20-34(21-19-32)42-28-29-43-37(39)26-13-30-11-8-7-9-12-30/h7-9,11-26H,2-6,10,27-29H2,1H3/b26-13+. The number of ether oxygens (including phenoxy) is 4. The van der Waals surface area contributed by atoms with E-state index in [1.807, 2.05) is 78.9 Å². The summed E-state index contributed by atoms with van der Waals surface area (Å²) >= 11 is 0. The van der Waals surface area contributed by atoms with Crippen LogP contribution >= 0.6 is 0 Å². The van der Waals surface area contributed by atoms with Crippen LogP contribution in [-0.2, 0) is 9.53 Å².